The molecule has 0 spiro atoms. The first-order valence-electron chi connectivity index (χ1n) is 6.79. The average Bonchev–Trinajstić information content (AvgIpc) is 3.22. The highest BCUT2D eigenvalue weighted by atomic mass is 32.2. The molecule has 0 aliphatic heterocycles. The van der Waals surface area contributed by atoms with Crippen molar-refractivity contribution in [1.29, 1.82) is 0 Å². The van der Waals surface area contributed by atoms with Gasteiger partial charge in [0.05, 0.1) is 0 Å². The molecule has 2 heterocycles. The predicted octanol–water partition coefficient (Wildman–Crippen LogP) is 1.85. The molecule has 1 N–H and O–H groups in total. The molecule has 0 unspecified atom stereocenters. The Labute approximate surface area is 121 Å². The molecule has 2 aromatic heterocycles. The zero-order valence-corrected chi connectivity index (χ0v) is 12.4. The summed E-state index contributed by atoms with van der Waals surface area (Å²) in [5, 5.41) is 16.4. The molecule has 0 atom stereocenters. The third kappa shape index (κ3) is 3.06. The fourth-order valence-corrected chi connectivity index (χ4v) is 2.51. The van der Waals surface area contributed by atoms with Gasteiger partial charge in [0, 0.05) is 25.6 Å². The molecular formula is C12H17N7S. The van der Waals surface area contributed by atoms with Crippen molar-refractivity contribution >= 4 is 17.6 Å². The lowest BCUT2D eigenvalue weighted by atomic mass is 10.4. The molecule has 1 saturated carbocycles. The van der Waals surface area contributed by atoms with Gasteiger partial charge in [-0.1, -0.05) is 6.92 Å². The van der Waals surface area contributed by atoms with E-state index in [9.17, 15) is 0 Å². The zero-order valence-electron chi connectivity index (χ0n) is 11.6. The Morgan fingerprint density at radius 2 is 2.25 bits per heavy atom. The summed E-state index contributed by atoms with van der Waals surface area (Å²) in [5.41, 5.74) is 0. The Balaban J connectivity index is 1.84. The van der Waals surface area contributed by atoms with Crippen LogP contribution in [-0.2, 0) is 7.05 Å². The quantitative estimate of drug-likeness (QED) is 0.813. The number of nitrogens with zero attached hydrogens (tertiary/aromatic N) is 6. The van der Waals surface area contributed by atoms with E-state index in [2.05, 4.69) is 37.7 Å². The fraction of sp³-hybridized carbons (Fsp3) is 0.583. The monoisotopic (exact) mass is 291 g/mol. The lowest BCUT2D eigenvalue weighted by Gasteiger charge is -2.08. The summed E-state index contributed by atoms with van der Waals surface area (Å²) in [4.78, 5) is 9.21. The summed E-state index contributed by atoms with van der Waals surface area (Å²) in [6.45, 7) is 3.05. The molecule has 0 radical (unpaired) electrons. The SMILES string of the molecule is CCCNc1cc(Sc2nnnn2C)nc(C2CC2)n1. The van der Waals surface area contributed by atoms with Crippen molar-refractivity contribution in [1.82, 2.24) is 30.2 Å². The Kier molecular flexibility index (Phi) is 3.81. The second-order valence-corrected chi connectivity index (χ2v) is 5.83. The Morgan fingerprint density at radius 3 is 2.90 bits per heavy atom. The van der Waals surface area contributed by atoms with Gasteiger partial charge in [0.1, 0.15) is 16.7 Å². The number of anilines is 1. The van der Waals surface area contributed by atoms with Gasteiger partial charge in [-0.15, -0.1) is 5.10 Å². The number of aromatic nitrogens is 6. The van der Waals surface area contributed by atoms with Crippen LogP contribution in [0.3, 0.4) is 0 Å². The first kappa shape index (κ1) is 13.3. The number of hydrogen-bond donors (Lipinski definition) is 1. The van der Waals surface area contributed by atoms with Crippen molar-refractivity contribution in [3.8, 4) is 0 Å². The Bertz CT molecular complexity index is 593. The van der Waals surface area contributed by atoms with Gasteiger partial charge < -0.3 is 5.32 Å². The second-order valence-electron chi connectivity index (χ2n) is 4.84. The maximum atomic E-state index is 4.62. The minimum absolute atomic E-state index is 0.523. The zero-order chi connectivity index (χ0) is 13.9. The number of hydrogen-bond acceptors (Lipinski definition) is 7. The van der Waals surface area contributed by atoms with Crippen LogP contribution < -0.4 is 5.32 Å². The van der Waals surface area contributed by atoms with Crippen LogP contribution in [0, 0.1) is 0 Å². The third-order valence-electron chi connectivity index (χ3n) is 3.00. The Morgan fingerprint density at radius 1 is 1.40 bits per heavy atom. The van der Waals surface area contributed by atoms with Gasteiger partial charge in [-0.3, -0.25) is 0 Å². The molecule has 3 rings (SSSR count). The topological polar surface area (TPSA) is 81.4 Å². The van der Waals surface area contributed by atoms with Gasteiger partial charge in [0.25, 0.3) is 0 Å². The van der Waals surface area contributed by atoms with E-state index in [-0.39, 0.29) is 0 Å². The number of aryl methyl sites for hydroxylation is 1. The average molecular weight is 291 g/mol. The maximum Gasteiger partial charge on any atom is 0.215 e. The molecule has 1 fully saturated rings. The van der Waals surface area contributed by atoms with Crippen LogP contribution in [0.5, 0.6) is 0 Å². The van der Waals surface area contributed by atoms with E-state index in [4.69, 9.17) is 0 Å². The van der Waals surface area contributed by atoms with Crippen LogP contribution in [-0.4, -0.2) is 36.7 Å². The van der Waals surface area contributed by atoms with Crippen molar-refractivity contribution in [3.05, 3.63) is 11.9 Å². The molecule has 20 heavy (non-hydrogen) atoms. The molecule has 1 aliphatic rings. The van der Waals surface area contributed by atoms with E-state index in [1.807, 2.05) is 13.1 Å². The first-order chi connectivity index (χ1) is 9.76. The van der Waals surface area contributed by atoms with Crippen LogP contribution in [0.15, 0.2) is 16.2 Å². The normalized spacial score (nSPS) is 14.5. The molecule has 0 aromatic carbocycles. The van der Waals surface area contributed by atoms with Gasteiger partial charge in [0.2, 0.25) is 5.16 Å². The highest BCUT2D eigenvalue weighted by Crippen LogP contribution is 2.39. The largest absolute Gasteiger partial charge is 0.370 e. The van der Waals surface area contributed by atoms with Gasteiger partial charge in [-0.25, -0.2) is 14.6 Å². The van der Waals surface area contributed by atoms with Crippen LogP contribution >= 0.6 is 11.8 Å². The molecule has 0 saturated heterocycles. The highest BCUT2D eigenvalue weighted by Gasteiger charge is 2.27. The second kappa shape index (κ2) is 5.74. The van der Waals surface area contributed by atoms with Gasteiger partial charge in [-0.2, -0.15) is 0 Å². The van der Waals surface area contributed by atoms with E-state index >= 15 is 0 Å². The van der Waals surface area contributed by atoms with Crippen LogP contribution in [0.25, 0.3) is 0 Å². The van der Waals surface area contributed by atoms with Crippen LogP contribution in [0.4, 0.5) is 5.82 Å². The lowest BCUT2D eigenvalue weighted by Crippen LogP contribution is -2.05. The van der Waals surface area contributed by atoms with E-state index in [1.165, 1.54) is 24.6 Å². The smallest absolute Gasteiger partial charge is 0.215 e. The third-order valence-corrected chi connectivity index (χ3v) is 3.94. The molecule has 2 aromatic rings. The van der Waals surface area contributed by atoms with Crippen molar-refractivity contribution in [2.45, 2.75) is 42.3 Å². The lowest BCUT2D eigenvalue weighted by molar-refractivity contribution is 0.664. The minimum atomic E-state index is 0.523. The van der Waals surface area contributed by atoms with E-state index < -0.39 is 0 Å². The molecule has 0 bridgehead atoms. The molecule has 7 nitrogen and oxygen atoms in total. The van der Waals surface area contributed by atoms with Crippen LogP contribution in [0.2, 0.25) is 0 Å². The van der Waals surface area contributed by atoms with Crippen molar-refractivity contribution < 1.29 is 0 Å². The molecule has 0 amide bonds. The number of rotatable bonds is 6. The predicted molar refractivity (Wildman–Crippen MR) is 75.7 cm³/mol. The Hall–Kier alpha value is -1.70. The summed E-state index contributed by atoms with van der Waals surface area (Å²) < 4.78 is 1.64. The van der Waals surface area contributed by atoms with Crippen molar-refractivity contribution in [3.63, 3.8) is 0 Å². The molecule has 1 aliphatic carbocycles. The van der Waals surface area contributed by atoms with Crippen molar-refractivity contribution in [2.75, 3.05) is 11.9 Å². The van der Waals surface area contributed by atoms with Gasteiger partial charge in [-0.05, 0) is 41.5 Å². The van der Waals surface area contributed by atoms with Crippen LogP contribution in [0.1, 0.15) is 37.9 Å². The molecule has 106 valence electrons. The number of tetrazole rings is 1. The molecule has 8 heteroatoms. The number of nitrogens with one attached hydrogen (secondary N) is 1. The summed E-state index contributed by atoms with van der Waals surface area (Å²) in [6.07, 6.45) is 3.44. The summed E-state index contributed by atoms with van der Waals surface area (Å²) >= 11 is 1.46. The summed E-state index contributed by atoms with van der Waals surface area (Å²) in [6, 6.07) is 1.96. The highest BCUT2D eigenvalue weighted by molar-refractivity contribution is 7.99. The van der Waals surface area contributed by atoms with E-state index in [0.29, 0.717) is 5.92 Å². The fourth-order valence-electron chi connectivity index (χ4n) is 1.76. The van der Waals surface area contributed by atoms with E-state index in [0.717, 1.165) is 34.8 Å². The van der Waals surface area contributed by atoms with Gasteiger partial charge >= 0.3 is 0 Å². The van der Waals surface area contributed by atoms with Crippen molar-refractivity contribution in [2.24, 2.45) is 7.05 Å². The minimum Gasteiger partial charge on any atom is -0.370 e. The van der Waals surface area contributed by atoms with Gasteiger partial charge in [0.15, 0.2) is 0 Å². The molecular weight excluding hydrogens is 274 g/mol. The standard InChI is InChI=1S/C12H17N7S/c1-3-6-13-9-7-10(15-11(14-9)8-4-5-8)20-12-16-17-18-19(12)2/h7-8H,3-6H2,1-2H3,(H,13,14,15). The summed E-state index contributed by atoms with van der Waals surface area (Å²) in [7, 11) is 1.82. The van der Waals surface area contributed by atoms with E-state index in [1.54, 1.807) is 4.68 Å². The maximum absolute atomic E-state index is 4.62. The first-order valence-corrected chi connectivity index (χ1v) is 7.61. The summed E-state index contributed by atoms with van der Waals surface area (Å²) in [5.74, 6) is 2.35.